The van der Waals surface area contributed by atoms with Crippen molar-refractivity contribution in [3.8, 4) is 0 Å². The van der Waals surface area contributed by atoms with Gasteiger partial charge in [0.2, 0.25) is 5.91 Å². The molecule has 0 aliphatic carbocycles. The molecule has 4 rings (SSSR count). The molecule has 2 aromatic carbocycles. The van der Waals surface area contributed by atoms with Gasteiger partial charge in [0.25, 0.3) is 0 Å². The lowest BCUT2D eigenvalue weighted by Crippen LogP contribution is -2.43. The van der Waals surface area contributed by atoms with Gasteiger partial charge in [0.15, 0.2) is 0 Å². The van der Waals surface area contributed by atoms with E-state index in [1.165, 1.54) is 5.56 Å². The second-order valence-corrected chi connectivity index (χ2v) is 7.91. The van der Waals surface area contributed by atoms with Crippen molar-refractivity contribution in [3.05, 3.63) is 66.4 Å². The Balaban J connectivity index is 1.26. The Morgan fingerprint density at radius 2 is 1.76 bits per heavy atom. The Hall–Kier alpha value is -2.95. The summed E-state index contributed by atoms with van der Waals surface area (Å²) in [5, 5.41) is 3.21. The lowest BCUT2D eigenvalue weighted by atomic mass is 9.95. The van der Waals surface area contributed by atoms with Crippen LogP contribution in [0.25, 0.3) is 11.0 Å². The molecular weight excluding hydrogens is 360 g/mol. The number of nitrogens with one attached hydrogen (secondary N) is 1. The second kappa shape index (κ2) is 9.03. The molecule has 1 atom stereocenters. The molecule has 0 unspecified atom stereocenters. The smallest absolute Gasteiger partial charge is 0.223 e. The van der Waals surface area contributed by atoms with Crippen molar-refractivity contribution in [2.45, 2.75) is 38.6 Å². The lowest BCUT2D eigenvalue weighted by Gasteiger charge is -2.32. The van der Waals surface area contributed by atoms with Crippen LogP contribution in [0.1, 0.15) is 31.7 Å². The average Bonchev–Trinajstić information content (AvgIpc) is 2.78. The third-order valence-electron chi connectivity index (χ3n) is 5.72. The Morgan fingerprint density at radius 1 is 1.07 bits per heavy atom. The van der Waals surface area contributed by atoms with Crippen LogP contribution in [0.4, 0.5) is 5.82 Å². The van der Waals surface area contributed by atoms with Crippen LogP contribution in [0.3, 0.4) is 0 Å². The van der Waals surface area contributed by atoms with Gasteiger partial charge in [-0.3, -0.25) is 9.78 Å². The predicted octanol–water partition coefficient (Wildman–Crippen LogP) is 3.98. The van der Waals surface area contributed by atoms with E-state index in [9.17, 15) is 4.79 Å². The van der Waals surface area contributed by atoms with E-state index in [0.29, 0.717) is 0 Å². The molecule has 0 spiro atoms. The molecule has 0 radical (unpaired) electrons. The highest BCUT2D eigenvalue weighted by Crippen LogP contribution is 2.23. The van der Waals surface area contributed by atoms with Crippen LogP contribution in [0.15, 0.2) is 60.8 Å². The monoisotopic (exact) mass is 388 g/mol. The normalized spacial score (nSPS) is 16.0. The fraction of sp³-hybridized carbons (Fsp3) is 0.375. The van der Waals surface area contributed by atoms with Gasteiger partial charge in [0, 0.05) is 25.0 Å². The fourth-order valence-corrected chi connectivity index (χ4v) is 3.93. The minimum atomic E-state index is 0.0823. The van der Waals surface area contributed by atoms with Gasteiger partial charge in [-0.05, 0) is 50.3 Å². The van der Waals surface area contributed by atoms with Crippen LogP contribution in [-0.4, -0.2) is 35.0 Å². The maximum Gasteiger partial charge on any atom is 0.223 e. The first kappa shape index (κ1) is 19.4. The number of carbonyl (C=O) groups excluding carboxylic acids is 1. The number of nitrogens with zero attached hydrogens (tertiary/aromatic N) is 3. The third-order valence-corrected chi connectivity index (χ3v) is 5.72. The first-order valence-corrected chi connectivity index (χ1v) is 10.5. The van der Waals surface area contributed by atoms with E-state index in [0.717, 1.165) is 55.6 Å². The standard InChI is InChI=1S/C24H28N4O/c1-18(11-12-19-7-3-2-4-8-19)26-24(29)20-13-15-28(16-14-20)23-17-25-21-9-5-6-10-22(21)27-23/h2-10,17-18,20H,11-16H2,1H3,(H,26,29)/t18-/m0/s1. The zero-order valence-electron chi connectivity index (χ0n) is 16.9. The number of rotatable bonds is 6. The fourth-order valence-electron chi connectivity index (χ4n) is 3.93. The highest BCUT2D eigenvalue weighted by Gasteiger charge is 2.26. The number of amides is 1. The van der Waals surface area contributed by atoms with Gasteiger partial charge in [-0.2, -0.15) is 0 Å². The Bertz CT molecular complexity index is 951. The molecule has 0 bridgehead atoms. The van der Waals surface area contributed by atoms with Crippen molar-refractivity contribution in [2.24, 2.45) is 5.92 Å². The first-order valence-electron chi connectivity index (χ1n) is 10.5. The summed E-state index contributed by atoms with van der Waals surface area (Å²) in [4.78, 5) is 24.2. The highest BCUT2D eigenvalue weighted by molar-refractivity contribution is 5.79. The third kappa shape index (κ3) is 4.91. The summed E-state index contributed by atoms with van der Waals surface area (Å²) in [5.74, 6) is 1.17. The number of piperidine rings is 1. The van der Waals surface area contributed by atoms with Crippen LogP contribution in [-0.2, 0) is 11.2 Å². The number of hydrogen-bond acceptors (Lipinski definition) is 4. The maximum absolute atomic E-state index is 12.7. The summed E-state index contributed by atoms with van der Waals surface area (Å²) in [7, 11) is 0. The summed E-state index contributed by atoms with van der Waals surface area (Å²) in [6, 6.07) is 18.5. The number of carbonyl (C=O) groups is 1. The summed E-state index contributed by atoms with van der Waals surface area (Å²) in [6.07, 6.45) is 5.49. The first-order chi connectivity index (χ1) is 14.2. The Labute approximate surface area is 172 Å². The second-order valence-electron chi connectivity index (χ2n) is 7.91. The van der Waals surface area contributed by atoms with E-state index in [4.69, 9.17) is 4.98 Å². The molecule has 29 heavy (non-hydrogen) atoms. The van der Waals surface area contributed by atoms with E-state index in [1.807, 2.05) is 36.5 Å². The molecule has 1 aliphatic rings. The number of fused-ring (bicyclic) bond motifs is 1. The number of aryl methyl sites for hydroxylation is 1. The molecule has 1 N–H and O–H groups in total. The Kier molecular flexibility index (Phi) is 6.03. The van der Waals surface area contributed by atoms with E-state index >= 15 is 0 Å². The molecule has 1 aromatic heterocycles. The molecule has 150 valence electrons. The van der Waals surface area contributed by atoms with E-state index < -0.39 is 0 Å². The van der Waals surface area contributed by atoms with Gasteiger partial charge in [0.1, 0.15) is 5.82 Å². The van der Waals surface area contributed by atoms with Crippen molar-refractivity contribution in [1.82, 2.24) is 15.3 Å². The van der Waals surface area contributed by atoms with E-state index in [1.54, 1.807) is 0 Å². The molecule has 1 amide bonds. The van der Waals surface area contributed by atoms with Crippen LogP contribution >= 0.6 is 0 Å². The number of benzene rings is 2. The number of aromatic nitrogens is 2. The van der Waals surface area contributed by atoms with Gasteiger partial charge in [-0.25, -0.2) is 4.98 Å². The van der Waals surface area contributed by atoms with Gasteiger partial charge >= 0.3 is 0 Å². The predicted molar refractivity (Wildman–Crippen MR) is 117 cm³/mol. The zero-order valence-corrected chi connectivity index (χ0v) is 16.9. The van der Waals surface area contributed by atoms with Crippen molar-refractivity contribution in [3.63, 3.8) is 0 Å². The summed E-state index contributed by atoms with van der Waals surface area (Å²) < 4.78 is 0. The minimum absolute atomic E-state index is 0.0823. The summed E-state index contributed by atoms with van der Waals surface area (Å²) in [6.45, 7) is 3.77. The van der Waals surface area contributed by atoms with Gasteiger partial charge in [-0.15, -0.1) is 0 Å². The van der Waals surface area contributed by atoms with Crippen LogP contribution in [0.5, 0.6) is 0 Å². The van der Waals surface area contributed by atoms with Crippen LogP contribution in [0.2, 0.25) is 0 Å². The zero-order chi connectivity index (χ0) is 20.1. The van der Waals surface area contributed by atoms with Gasteiger partial charge < -0.3 is 10.2 Å². The molecule has 3 aromatic rings. The largest absolute Gasteiger partial charge is 0.355 e. The molecule has 0 saturated carbocycles. The van der Waals surface area contributed by atoms with Crippen molar-refractivity contribution in [2.75, 3.05) is 18.0 Å². The quantitative estimate of drug-likeness (QED) is 0.694. The Morgan fingerprint density at radius 3 is 2.52 bits per heavy atom. The van der Waals surface area contributed by atoms with E-state index in [2.05, 4.69) is 46.4 Å². The van der Waals surface area contributed by atoms with Gasteiger partial charge in [0.05, 0.1) is 17.2 Å². The SMILES string of the molecule is C[C@@H](CCc1ccccc1)NC(=O)C1CCN(c2cnc3ccccc3n2)CC1. The van der Waals surface area contributed by atoms with E-state index in [-0.39, 0.29) is 17.9 Å². The maximum atomic E-state index is 12.7. The molecule has 1 saturated heterocycles. The minimum Gasteiger partial charge on any atom is -0.355 e. The number of anilines is 1. The van der Waals surface area contributed by atoms with Crippen LogP contribution in [0, 0.1) is 5.92 Å². The van der Waals surface area contributed by atoms with Gasteiger partial charge in [-0.1, -0.05) is 42.5 Å². The molecule has 1 fully saturated rings. The van der Waals surface area contributed by atoms with Crippen molar-refractivity contribution >= 4 is 22.8 Å². The molecule has 2 heterocycles. The lowest BCUT2D eigenvalue weighted by molar-refractivity contribution is -0.126. The number of hydrogen-bond donors (Lipinski definition) is 1. The topological polar surface area (TPSA) is 58.1 Å². The number of para-hydroxylation sites is 2. The van der Waals surface area contributed by atoms with Crippen LogP contribution < -0.4 is 10.2 Å². The molecule has 5 nitrogen and oxygen atoms in total. The molecule has 1 aliphatic heterocycles. The average molecular weight is 389 g/mol. The highest BCUT2D eigenvalue weighted by atomic mass is 16.1. The summed E-state index contributed by atoms with van der Waals surface area (Å²) in [5.41, 5.74) is 3.14. The van der Waals surface area contributed by atoms with Crippen molar-refractivity contribution in [1.29, 1.82) is 0 Å². The molecular formula is C24H28N4O. The van der Waals surface area contributed by atoms with Crippen molar-refractivity contribution < 1.29 is 4.79 Å². The molecule has 5 heteroatoms. The summed E-state index contributed by atoms with van der Waals surface area (Å²) >= 11 is 0.